The standard InChI is InChI=1S/C11H17N3O3/c1-14(10(15)9-6-12-8-13-9)7-11(16)2-4-17-5-3-11/h6,8,16H,2-5,7H2,1H3,(H,12,13). The maximum absolute atomic E-state index is 11.9. The zero-order chi connectivity index (χ0) is 12.3. The number of likely N-dealkylation sites (N-methyl/N-ethyl adjacent to an activating group) is 1. The first-order valence-corrected chi connectivity index (χ1v) is 5.65. The van der Waals surface area contributed by atoms with Gasteiger partial charge in [-0.3, -0.25) is 4.79 Å². The maximum atomic E-state index is 11.9. The summed E-state index contributed by atoms with van der Waals surface area (Å²) in [5, 5.41) is 10.3. The van der Waals surface area contributed by atoms with Gasteiger partial charge in [0.05, 0.1) is 18.1 Å². The quantitative estimate of drug-likeness (QED) is 0.779. The molecule has 0 spiro atoms. The second kappa shape index (κ2) is 4.85. The highest BCUT2D eigenvalue weighted by molar-refractivity contribution is 5.91. The molecular weight excluding hydrogens is 222 g/mol. The fourth-order valence-corrected chi connectivity index (χ4v) is 2.00. The molecule has 1 aliphatic rings. The Morgan fingerprint density at radius 1 is 1.65 bits per heavy atom. The van der Waals surface area contributed by atoms with Crippen LogP contribution in [0.2, 0.25) is 0 Å². The molecule has 6 heteroatoms. The Labute approximate surface area is 99.6 Å². The van der Waals surface area contributed by atoms with Crippen LogP contribution in [0.1, 0.15) is 23.3 Å². The topological polar surface area (TPSA) is 78.5 Å². The molecule has 0 saturated carbocycles. The normalized spacial score (nSPS) is 18.9. The van der Waals surface area contributed by atoms with Crippen LogP contribution in [0.4, 0.5) is 0 Å². The fourth-order valence-electron chi connectivity index (χ4n) is 2.00. The zero-order valence-electron chi connectivity index (χ0n) is 9.85. The van der Waals surface area contributed by atoms with E-state index in [2.05, 4.69) is 9.97 Å². The average Bonchev–Trinajstić information content (AvgIpc) is 2.81. The van der Waals surface area contributed by atoms with Crippen molar-refractivity contribution in [1.82, 2.24) is 14.9 Å². The number of nitrogens with one attached hydrogen (secondary N) is 1. The summed E-state index contributed by atoms with van der Waals surface area (Å²) in [6.45, 7) is 1.40. The molecule has 0 aromatic carbocycles. The number of ether oxygens (including phenoxy) is 1. The Bertz CT molecular complexity index is 371. The van der Waals surface area contributed by atoms with E-state index in [1.807, 2.05) is 0 Å². The Hall–Kier alpha value is -1.40. The number of hydrogen-bond donors (Lipinski definition) is 2. The van der Waals surface area contributed by atoms with Crippen molar-refractivity contribution in [2.75, 3.05) is 26.8 Å². The predicted molar refractivity (Wildman–Crippen MR) is 60.6 cm³/mol. The van der Waals surface area contributed by atoms with Gasteiger partial charge in [-0.1, -0.05) is 0 Å². The number of aromatic nitrogens is 2. The van der Waals surface area contributed by atoms with E-state index in [0.717, 1.165) is 0 Å². The molecule has 1 saturated heterocycles. The summed E-state index contributed by atoms with van der Waals surface area (Å²) >= 11 is 0. The minimum absolute atomic E-state index is 0.164. The molecule has 0 aliphatic carbocycles. The van der Waals surface area contributed by atoms with Crippen LogP contribution < -0.4 is 0 Å². The second-order valence-electron chi connectivity index (χ2n) is 4.46. The summed E-state index contributed by atoms with van der Waals surface area (Å²) in [4.78, 5) is 20.0. The van der Waals surface area contributed by atoms with E-state index in [1.165, 1.54) is 17.4 Å². The van der Waals surface area contributed by atoms with Crippen LogP contribution in [0.15, 0.2) is 12.5 Å². The summed E-state index contributed by atoms with van der Waals surface area (Å²) in [5.74, 6) is -0.164. The number of H-pyrrole nitrogens is 1. The predicted octanol–water partition coefficient (Wildman–Crippen LogP) is 0.0232. The number of amides is 1. The Morgan fingerprint density at radius 2 is 2.35 bits per heavy atom. The fraction of sp³-hybridized carbons (Fsp3) is 0.636. The van der Waals surface area contributed by atoms with Gasteiger partial charge in [0.15, 0.2) is 0 Å². The number of aromatic amines is 1. The van der Waals surface area contributed by atoms with Gasteiger partial charge in [0.2, 0.25) is 0 Å². The van der Waals surface area contributed by atoms with Crippen molar-refractivity contribution in [1.29, 1.82) is 0 Å². The van der Waals surface area contributed by atoms with E-state index in [9.17, 15) is 9.90 Å². The molecule has 0 bridgehead atoms. The van der Waals surface area contributed by atoms with Crippen molar-refractivity contribution in [3.8, 4) is 0 Å². The summed E-state index contributed by atoms with van der Waals surface area (Å²) < 4.78 is 5.20. The van der Waals surface area contributed by atoms with Gasteiger partial charge in [-0.05, 0) is 0 Å². The first-order chi connectivity index (χ1) is 8.11. The van der Waals surface area contributed by atoms with E-state index in [-0.39, 0.29) is 5.91 Å². The molecule has 2 rings (SSSR count). The molecular formula is C11H17N3O3. The third kappa shape index (κ3) is 2.83. The molecule has 6 nitrogen and oxygen atoms in total. The maximum Gasteiger partial charge on any atom is 0.271 e. The highest BCUT2D eigenvalue weighted by Gasteiger charge is 2.32. The summed E-state index contributed by atoms with van der Waals surface area (Å²) in [5.41, 5.74) is -0.397. The minimum atomic E-state index is -0.831. The lowest BCUT2D eigenvalue weighted by atomic mass is 9.94. The molecule has 0 unspecified atom stereocenters. The van der Waals surface area contributed by atoms with Crippen LogP contribution in [0.25, 0.3) is 0 Å². The lowest BCUT2D eigenvalue weighted by molar-refractivity contribution is -0.0734. The van der Waals surface area contributed by atoms with E-state index >= 15 is 0 Å². The van der Waals surface area contributed by atoms with Crippen LogP contribution >= 0.6 is 0 Å². The summed E-state index contributed by atoms with van der Waals surface area (Å²) in [6.07, 6.45) is 4.07. The smallest absolute Gasteiger partial charge is 0.271 e. The molecule has 94 valence electrons. The van der Waals surface area contributed by atoms with Gasteiger partial charge in [0, 0.05) is 39.6 Å². The second-order valence-corrected chi connectivity index (χ2v) is 4.46. The average molecular weight is 239 g/mol. The van der Waals surface area contributed by atoms with E-state index in [4.69, 9.17) is 4.74 Å². The number of rotatable bonds is 3. The van der Waals surface area contributed by atoms with Crippen molar-refractivity contribution in [2.45, 2.75) is 18.4 Å². The molecule has 0 atom stereocenters. The van der Waals surface area contributed by atoms with Gasteiger partial charge in [-0.15, -0.1) is 0 Å². The number of nitrogens with zero attached hydrogens (tertiary/aromatic N) is 2. The summed E-state index contributed by atoms with van der Waals surface area (Å²) in [6, 6.07) is 0. The number of carbonyl (C=O) groups is 1. The van der Waals surface area contributed by atoms with Gasteiger partial charge in [-0.25, -0.2) is 4.98 Å². The van der Waals surface area contributed by atoms with Gasteiger partial charge < -0.3 is 19.7 Å². The van der Waals surface area contributed by atoms with Crippen molar-refractivity contribution in [2.24, 2.45) is 0 Å². The van der Waals surface area contributed by atoms with Crippen molar-refractivity contribution < 1.29 is 14.6 Å². The molecule has 2 N–H and O–H groups in total. The van der Waals surface area contributed by atoms with Crippen LogP contribution in [-0.4, -0.2) is 58.3 Å². The number of hydrogen-bond acceptors (Lipinski definition) is 4. The van der Waals surface area contributed by atoms with Crippen LogP contribution in [0.3, 0.4) is 0 Å². The third-order valence-electron chi connectivity index (χ3n) is 3.03. The van der Waals surface area contributed by atoms with Gasteiger partial charge in [0.25, 0.3) is 5.91 Å². The SMILES string of the molecule is CN(CC1(O)CCOCC1)C(=O)c1cnc[nH]1. The van der Waals surface area contributed by atoms with Crippen molar-refractivity contribution in [3.63, 3.8) is 0 Å². The van der Waals surface area contributed by atoms with Crippen LogP contribution in [-0.2, 0) is 4.74 Å². The minimum Gasteiger partial charge on any atom is -0.388 e. The van der Waals surface area contributed by atoms with E-state index in [1.54, 1.807) is 7.05 Å². The van der Waals surface area contributed by atoms with Gasteiger partial charge in [-0.2, -0.15) is 0 Å². The van der Waals surface area contributed by atoms with Gasteiger partial charge >= 0.3 is 0 Å². The largest absolute Gasteiger partial charge is 0.388 e. The Kier molecular flexibility index (Phi) is 3.44. The molecule has 0 radical (unpaired) electrons. The lowest BCUT2D eigenvalue weighted by Gasteiger charge is -2.35. The molecule has 1 aliphatic heterocycles. The summed E-state index contributed by atoms with van der Waals surface area (Å²) in [7, 11) is 1.68. The highest BCUT2D eigenvalue weighted by Crippen LogP contribution is 2.21. The Morgan fingerprint density at radius 3 is 2.94 bits per heavy atom. The van der Waals surface area contributed by atoms with Crippen molar-refractivity contribution >= 4 is 5.91 Å². The number of aliphatic hydroxyl groups is 1. The third-order valence-corrected chi connectivity index (χ3v) is 3.03. The Balaban J connectivity index is 1.96. The number of carbonyl (C=O) groups excluding carboxylic acids is 1. The number of imidazole rings is 1. The molecule has 2 heterocycles. The first kappa shape index (κ1) is 12.1. The zero-order valence-corrected chi connectivity index (χ0v) is 9.85. The molecule has 1 aromatic rings. The van der Waals surface area contributed by atoms with Crippen LogP contribution in [0.5, 0.6) is 0 Å². The first-order valence-electron chi connectivity index (χ1n) is 5.65. The molecule has 17 heavy (non-hydrogen) atoms. The highest BCUT2D eigenvalue weighted by atomic mass is 16.5. The van der Waals surface area contributed by atoms with E-state index < -0.39 is 5.60 Å². The van der Waals surface area contributed by atoms with Crippen LogP contribution in [0, 0.1) is 0 Å². The monoisotopic (exact) mass is 239 g/mol. The molecule has 1 amide bonds. The lowest BCUT2D eigenvalue weighted by Crippen LogP contribution is -2.47. The molecule has 1 fully saturated rings. The molecule has 1 aromatic heterocycles. The van der Waals surface area contributed by atoms with E-state index in [0.29, 0.717) is 38.3 Å². The van der Waals surface area contributed by atoms with Gasteiger partial charge in [0.1, 0.15) is 5.69 Å². The van der Waals surface area contributed by atoms with Crippen molar-refractivity contribution in [3.05, 3.63) is 18.2 Å².